The fourth-order valence-corrected chi connectivity index (χ4v) is 3.78. The van der Waals surface area contributed by atoms with Crippen molar-refractivity contribution in [1.82, 2.24) is 15.1 Å². The molecule has 0 spiro atoms. The van der Waals surface area contributed by atoms with Gasteiger partial charge in [-0.3, -0.25) is 9.59 Å². The SMILES string of the molecule is C/C=C(C(=O)N1CCN(C)CC1)/C(C)=C(/C=C1\C(=O)Nc2ccc(C)cc21)NC. The van der Waals surface area contributed by atoms with E-state index in [1.54, 1.807) is 0 Å². The fraction of sp³-hybridized carbons (Fsp3) is 0.391. The number of nitrogens with zero attached hydrogens (tertiary/aromatic N) is 2. The van der Waals surface area contributed by atoms with E-state index in [4.69, 9.17) is 0 Å². The number of hydrogen-bond acceptors (Lipinski definition) is 4. The molecule has 1 fully saturated rings. The first-order valence-corrected chi connectivity index (χ1v) is 10.0. The molecule has 6 nitrogen and oxygen atoms in total. The maximum Gasteiger partial charge on any atom is 0.256 e. The molecule has 0 bridgehead atoms. The van der Waals surface area contributed by atoms with E-state index >= 15 is 0 Å². The molecule has 29 heavy (non-hydrogen) atoms. The van der Waals surface area contributed by atoms with E-state index in [1.165, 1.54) is 0 Å². The molecular formula is C23H30N4O2. The van der Waals surface area contributed by atoms with Crippen molar-refractivity contribution in [2.75, 3.05) is 45.6 Å². The van der Waals surface area contributed by atoms with Crippen LogP contribution in [0.25, 0.3) is 5.57 Å². The Labute approximate surface area is 172 Å². The maximum atomic E-state index is 13.1. The molecule has 0 aromatic heterocycles. The van der Waals surface area contributed by atoms with Crippen LogP contribution in [0.2, 0.25) is 0 Å². The lowest BCUT2D eigenvalue weighted by molar-refractivity contribution is -0.128. The van der Waals surface area contributed by atoms with Crippen LogP contribution in [0.3, 0.4) is 0 Å². The first-order chi connectivity index (χ1) is 13.8. The first-order valence-electron chi connectivity index (χ1n) is 10.0. The van der Waals surface area contributed by atoms with Crippen LogP contribution in [-0.4, -0.2) is 61.9 Å². The van der Waals surface area contributed by atoms with Gasteiger partial charge in [0, 0.05) is 55.7 Å². The van der Waals surface area contributed by atoms with Gasteiger partial charge in [-0.15, -0.1) is 0 Å². The minimum Gasteiger partial charge on any atom is -0.388 e. The van der Waals surface area contributed by atoms with Crippen molar-refractivity contribution in [2.24, 2.45) is 0 Å². The molecule has 0 atom stereocenters. The average molecular weight is 395 g/mol. The Bertz CT molecular complexity index is 919. The van der Waals surface area contributed by atoms with Crippen LogP contribution in [0, 0.1) is 6.92 Å². The summed E-state index contributed by atoms with van der Waals surface area (Å²) in [6.45, 7) is 9.03. The van der Waals surface area contributed by atoms with Gasteiger partial charge >= 0.3 is 0 Å². The normalized spacial score (nSPS) is 19.8. The molecule has 0 saturated carbocycles. The van der Waals surface area contributed by atoms with Gasteiger partial charge in [-0.2, -0.15) is 0 Å². The molecule has 1 aromatic carbocycles. The zero-order chi connectivity index (χ0) is 21.1. The quantitative estimate of drug-likeness (QED) is 0.609. The lowest BCUT2D eigenvalue weighted by atomic mass is 9.99. The van der Waals surface area contributed by atoms with Gasteiger partial charge in [-0.05, 0) is 51.6 Å². The Kier molecular flexibility index (Phi) is 6.23. The monoisotopic (exact) mass is 394 g/mol. The Morgan fingerprint density at radius 2 is 1.90 bits per heavy atom. The summed E-state index contributed by atoms with van der Waals surface area (Å²) in [6, 6.07) is 5.91. The Balaban J connectivity index is 1.95. The van der Waals surface area contributed by atoms with Crippen LogP contribution in [0.4, 0.5) is 5.69 Å². The number of amides is 2. The highest BCUT2D eigenvalue weighted by Gasteiger charge is 2.26. The summed E-state index contributed by atoms with van der Waals surface area (Å²) < 4.78 is 0. The molecule has 1 aromatic rings. The van der Waals surface area contributed by atoms with Crippen LogP contribution in [0.1, 0.15) is 25.0 Å². The largest absolute Gasteiger partial charge is 0.388 e. The Morgan fingerprint density at radius 3 is 2.52 bits per heavy atom. The summed E-state index contributed by atoms with van der Waals surface area (Å²) >= 11 is 0. The second kappa shape index (κ2) is 8.66. The molecule has 2 aliphatic rings. The molecule has 2 heterocycles. The standard InChI is InChI=1S/C23H30N4O2/c1-6-17(23(29)27-11-9-26(5)10-12-27)16(3)21(24-4)14-19-18-13-15(2)7-8-20(18)25-22(19)28/h6-8,13-14,24H,9-12H2,1-5H3,(H,25,28)/b17-6-,19-14-,21-16-. The van der Waals surface area contributed by atoms with Gasteiger partial charge in [0.25, 0.3) is 11.8 Å². The predicted molar refractivity (Wildman–Crippen MR) is 117 cm³/mol. The fourth-order valence-electron chi connectivity index (χ4n) is 3.78. The van der Waals surface area contributed by atoms with Crippen molar-refractivity contribution < 1.29 is 9.59 Å². The number of fused-ring (bicyclic) bond motifs is 1. The summed E-state index contributed by atoms with van der Waals surface area (Å²) in [5, 5.41) is 6.09. The number of likely N-dealkylation sites (N-methyl/N-ethyl adjacent to an activating group) is 2. The van der Waals surface area contributed by atoms with Crippen molar-refractivity contribution >= 4 is 23.1 Å². The highest BCUT2D eigenvalue weighted by Crippen LogP contribution is 2.33. The lowest BCUT2D eigenvalue weighted by Gasteiger charge is -2.33. The van der Waals surface area contributed by atoms with Crippen LogP contribution >= 0.6 is 0 Å². The van der Waals surface area contributed by atoms with Gasteiger partial charge in [0.05, 0.1) is 5.57 Å². The first kappa shape index (κ1) is 20.9. The van der Waals surface area contributed by atoms with Crippen molar-refractivity contribution in [2.45, 2.75) is 20.8 Å². The van der Waals surface area contributed by atoms with Gasteiger partial charge in [0.15, 0.2) is 0 Å². The predicted octanol–water partition coefficient (Wildman–Crippen LogP) is 2.54. The zero-order valence-corrected chi connectivity index (χ0v) is 17.9. The number of benzene rings is 1. The number of aryl methyl sites for hydroxylation is 1. The molecule has 0 unspecified atom stereocenters. The third-order valence-corrected chi connectivity index (χ3v) is 5.63. The van der Waals surface area contributed by atoms with Crippen LogP contribution < -0.4 is 10.6 Å². The van der Waals surface area contributed by atoms with E-state index in [9.17, 15) is 9.59 Å². The number of anilines is 1. The van der Waals surface area contributed by atoms with Gasteiger partial charge < -0.3 is 20.4 Å². The lowest BCUT2D eigenvalue weighted by Crippen LogP contribution is -2.47. The second-order valence-corrected chi connectivity index (χ2v) is 7.65. The molecule has 0 aliphatic carbocycles. The van der Waals surface area contributed by atoms with Crippen molar-refractivity contribution in [3.8, 4) is 0 Å². The van der Waals surface area contributed by atoms with Gasteiger partial charge in [0.1, 0.15) is 0 Å². The molecular weight excluding hydrogens is 364 g/mol. The van der Waals surface area contributed by atoms with E-state index < -0.39 is 0 Å². The van der Waals surface area contributed by atoms with Crippen LogP contribution in [0.5, 0.6) is 0 Å². The van der Waals surface area contributed by atoms with Crippen molar-refractivity contribution in [3.05, 3.63) is 58.3 Å². The minimum absolute atomic E-state index is 0.0383. The van der Waals surface area contributed by atoms with Crippen LogP contribution in [0.15, 0.2) is 47.2 Å². The number of piperazine rings is 1. The Hall–Kier alpha value is -2.86. The minimum atomic E-state index is -0.126. The second-order valence-electron chi connectivity index (χ2n) is 7.65. The third kappa shape index (κ3) is 4.27. The van der Waals surface area contributed by atoms with E-state index in [1.807, 2.05) is 63.1 Å². The smallest absolute Gasteiger partial charge is 0.256 e. The number of nitrogens with one attached hydrogen (secondary N) is 2. The van der Waals surface area contributed by atoms with E-state index in [-0.39, 0.29) is 11.8 Å². The average Bonchev–Trinajstić information content (AvgIpc) is 3.01. The highest BCUT2D eigenvalue weighted by molar-refractivity contribution is 6.31. The van der Waals surface area contributed by atoms with E-state index in [0.717, 1.165) is 54.3 Å². The highest BCUT2D eigenvalue weighted by atomic mass is 16.2. The summed E-state index contributed by atoms with van der Waals surface area (Å²) in [4.78, 5) is 29.8. The third-order valence-electron chi connectivity index (χ3n) is 5.63. The topological polar surface area (TPSA) is 64.7 Å². The maximum absolute atomic E-state index is 13.1. The molecule has 2 N–H and O–H groups in total. The summed E-state index contributed by atoms with van der Waals surface area (Å²) in [5.74, 6) is -0.0880. The molecule has 6 heteroatoms. The summed E-state index contributed by atoms with van der Waals surface area (Å²) in [7, 11) is 3.88. The van der Waals surface area contributed by atoms with Crippen molar-refractivity contribution in [3.63, 3.8) is 0 Å². The van der Waals surface area contributed by atoms with E-state index in [0.29, 0.717) is 11.1 Å². The molecule has 154 valence electrons. The Morgan fingerprint density at radius 1 is 1.21 bits per heavy atom. The van der Waals surface area contributed by atoms with Crippen LogP contribution in [-0.2, 0) is 9.59 Å². The molecule has 1 saturated heterocycles. The summed E-state index contributed by atoms with van der Waals surface area (Å²) in [5.41, 5.74) is 5.67. The number of carbonyl (C=O) groups excluding carboxylic acids is 2. The molecule has 2 aliphatic heterocycles. The number of hydrogen-bond donors (Lipinski definition) is 2. The molecule has 0 radical (unpaired) electrons. The number of allylic oxidation sites excluding steroid dienone is 2. The van der Waals surface area contributed by atoms with E-state index in [2.05, 4.69) is 22.6 Å². The van der Waals surface area contributed by atoms with Gasteiger partial charge in [-0.25, -0.2) is 0 Å². The number of rotatable bonds is 4. The molecule has 3 rings (SSSR count). The molecule has 2 amide bonds. The number of carbonyl (C=O) groups is 2. The van der Waals surface area contributed by atoms with Gasteiger partial charge in [-0.1, -0.05) is 17.7 Å². The van der Waals surface area contributed by atoms with Crippen molar-refractivity contribution in [1.29, 1.82) is 0 Å². The summed E-state index contributed by atoms with van der Waals surface area (Å²) in [6.07, 6.45) is 3.70. The van der Waals surface area contributed by atoms with Gasteiger partial charge in [0.2, 0.25) is 0 Å². The zero-order valence-electron chi connectivity index (χ0n) is 17.9.